The Balaban J connectivity index is 1.71. The smallest absolute Gasteiger partial charge is 0.344 e. The van der Waals surface area contributed by atoms with Crippen LogP contribution in [0.1, 0.15) is 63.3 Å². The van der Waals surface area contributed by atoms with Crippen LogP contribution in [-0.2, 0) is 9.53 Å². The summed E-state index contributed by atoms with van der Waals surface area (Å²) in [5.41, 5.74) is 1.12. The van der Waals surface area contributed by atoms with Crippen LogP contribution in [0.15, 0.2) is 56.8 Å². The topological polar surface area (TPSA) is 82.8 Å². The summed E-state index contributed by atoms with van der Waals surface area (Å²) in [6.07, 6.45) is 6.79. The molecule has 0 bridgehead atoms. The van der Waals surface area contributed by atoms with Crippen molar-refractivity contribution in [2.45, 2.75) is 58.0 Å². The molecule has 0 atom stereocenters. The predicted molar refractivity (Wildman–Crippen MR) is 136 cm³/mol. The Morgan fingerprint density at radius 2 is 1.97 bits per heavy atom. The second-order valence-electron chi connectivity index (χ2n) is 8.69. The zero-order valence-electron chi connectivity index (χ0n) is 19.4. The normalized spacial score (nSPS) is 14.7. The van der Waals surface area contributed by atoms with Crippen LogP contribution in [0, 0.1) is 0 Å². The summed E-state index contributed by atoms with van der Waals surface area (Å²) in [5.74, 6) is 0.897. The first-order valence-corrected chi connectivity index (χ1v) is 12.4. The van der Waals surface area contributed by atoms with Gasteiger partial charge in [0.1, 0.15) is 11.6 Å². The number of nitrogens with zero attached hydrogens (tertiary/aromatic N) is 3. The predicted octanol–water partition coefficient (Wildman–Crippen LogP) is 5.42. The first-order valence-electron chi connectivity index (χ1n) is 11.6. The lowest BCUT2D eigenvalue weighted by molar-refractivity contribution is -0.149. The Morgan fingerprint density at radius 1 is 1.21 bits per heavy atom. The van der Waals surface area contributed by atoms with Gasteiger partial charge in [-0.05, 0) is 57.0 Å². The van der Waals surface area contributed by atoms with E-state index in [1.54, 1.807) is 32.2 Å². The van der Waals surface area contributed by atoms with Crippen LogP contribution in [0.4, 0.5) is 0 Å². The molecule has 1 saturated carbocycles. The van der Waals surface area contributed by atoms with Crippen molar-refractivity contribution in [3.05, 3.63) is 68.7 Å². The third-order valence-corrected chi connectivity index (χ3v) is 6.24. The number of aromatic nitrogens is 2. The molecule has 178 valence electrons. The van der Waals surface area contributed by atoms with Crippen LogP contribution in [0.2, 0.25) is 0 Å². The quantitative estimate of drug-likeness (QED) is 0.303. The Kier molecular flexibility index (Phi) is 7.77. The van der Waals surface area contributed by atoms with Crippen molar-refractivity contribution in [2.24, 2.45) is 5.10 Å². The Morgan fingerprint density at radius 3 is 2.74 bits per heavy atom. The van der Waals surface area contributed by atoms with Gasteiger partial charge in [0.25, 0.3) is 5.56 Å². The number of carbonyl (C=O) groups excluding carboxylic acids is 1. The molecular formula is C26H28BrN3O4. The summed E-state index contributed by atoms with van der Waals surface area (Å²) < 4.78 is 13.1. The highest BCUT2D eigenvalue weighted by molar-refractivity contribution is 9.10. The molecule has 1 aromatic heterocycles. The van der Waals surface area contributed by atoms with Crippen LogP contribution in [-0.4, -0.2) is 34.6 Å². The summed E-state index contributed by atoms with van der Waals surface area (Å²) in [4.78, 5) is 30.2. The summed E-state index contributed by atoms with van der Waals surface area (Å²) in [6, 6.07) is 12.8. The molecule has 1 fully saturated rings. The van der Waals surface area contributed by atoms with Gasteiger partial charge in [0.15, 0.2) is 6.61 Å². The average molecular weight is 526 g/mol. The summed E-state index contributed by atoms with van der Waals surface area (Å²) in [5, 5.41) is 5.11. The van der Waals surface area contributed by atoms with Crippen LogP contribution in [0.3, 0.4) is 0 Å². The van der Waals surface area contributed by atoms with E-state index in [2.05, 4.69) is 21.0 Å². The van der Waals surface area contributed by atoms with E-state index in [0.29, 0.717) is 28.0 Å². The van der Waals surface area contributed by atoms with Crippen molar-refractivity contribution in [1.82, 2.24) is 9.66 Å². The maximum Gasteiger partial charge on any atom is 0.344 e. The number of halogens is 1. The molecule has 0 spiro atoms. The zero-order chi connectivity index (χ0) is 24.1. The molecule has 0 N–H and O–H groups in total. The van der Waals surface area contributed by atoms with Crippen molar-refractivity contribution in [3.8, 4) is 5.75 Å². The van der Waals surface area contributed by atoms with E-state index in [1.165, 1.54) is 11.1 Å². The van der Waals surface area contributed by atoms with Crippen LogP contribution in [0.5, 0.6) is 5.75 Å². The summed E-state index contributed by atoms with van der Waals surface area (Å²) >= 11 is 3.47. The van der Waals surface area contributed by atoms with Crippen molar-refractivity contribution in [3.63, 3.8) is 0 Å². The molecule has 0 radical (unpaired) electrons. The standard InChI is InChI=1S/C26H28BrN3O4/c1-17(2)34-24(31)16-33-23-13-12-20(27)14-19(23)15-28-30-25(18-8-4-3-5-9-18)29-22-11-7-6-10-21(22)26(30)32/h6-7,10-15,17-18H,3-5,8-9,16H2,1-2H3. The van der Waals surface area contributed by atoms with Crippen LogP contribution < -0.4 is 10.3 Å². The summed E-state index contributed by atoms with van der Waals surface area (Å²) in [7, 11) is 0. The number of rotatable bonds is 7. The van der Waals surface area contributed by atoms with Crippen molar-refractivity contribution >= 4 is 39.0 Å². The molecule has 4 rings (SSSR count). The Hall–Kier alpha value is -3.00. The van der Waals surface area contributed by atoms with Gasteiger partial charge in [0, 0.05) is 16.0 Å². The largest absolute Gasteiger partial charge is 0.481 e. The second kappa shape index (κ2) is 11.0. The fourth-order valence-corrected chi connectivity index (χ4v) is 4.56. The zero-order valence-corrected chi connectivity index (χ0v) is 21.0. The molecule has 34 heavy (non-hydrogen) atoms. The second-order valence-corrected chi connectivity index (χ2v) is 9.61. The van der Waals surface area contributed by atoms with Gasteiger partial charge in [-0.3, -0.25) is 4.79 Å². The number of hydrogen-bond acceptors (Lipinski definition) is 6. The highest BCUT2D eigenvalue weighted by Gasteiger charge is 2.22. The molecule has 0 saturated heterocycles. The van der Waals surface area contributed by atoms with E-state index in [9.17, 15) is 9.59 Å². The number of carbonyl (C=O) groups is 1. The maximum atomic E-state index is 13.4. The molecular weight excluding hydrogens is 498 g/mol. The van der Waals surface area contributed by atoms with E-state index >= 15 is 0 Å². The van der Waals surface area contributed by atoms with Crippen LogP contribution >= 0.6 is 15.9 Å². The van der Waals surface area contributed by atoms with Gasteiger partial charge in [-0.2, -0.15) is 9.78 Å². The van der Waals surface area contributed by atoms with E-state index in [-0.39, 0.29) is 24.2 Å². The Bertz CT molecular complexity index is 1260. The first kappa shape index (κ1) is 24.1. The molecule has 1 aliphatic rings. The number of ether oxygens (including phenoxy) is 2. The molecule has 0 aliphatic heterocycles. The van der Waals surface area contributed by atoms with Crippen molar-refractivity contribution in [1.29, 1.82) is 0 Å². The van der Waals surface area contributed by atoms with Gasteiger partial charge in [-0.15, -0.1) is 0 Å². The third-order valence-electron chi connectivity index (χ3n) is 5.75. The van der Waals surface area contributed by atoms with E-state index in [0.717, 1.165) is 30.2 Å². The van der Waals surface area contributed by atoms with E-state index in [1.807, 2.05) is 30.3 Å². The molecule has 0 amide bonds. The van der Waals surface area contributed by atoms with Gasteiger partial charge in [-0.1, -0.05) is 47.3 Å². The van der Waals surface area contributed by atoms with Crippen molar-refractivity contribution in [2.75, 3.05) is 6.61 Å². The first-order chi connectivity index (χ1) is 16.4. The maximum absolute atomic E-state index is 13.4. The molecule has 7 nitrogen and oxygen atoms in total. The summed E-state index contributed by atoms with van der Waals surface area (Å²) in [6.45, 7) is 3.36. The lowest BCUT2D eigenvalue weighted by atomic mass is 9.88. The van der Waals surface area contributed by atoms with Gasteiger partial charge < -0.3 is 9.47 Å². The molecule has 0 unspecified atom stereocenters. The number of benzene rings is 2. The minimum Gasteiger partial charge on any atom is -0.481 e. The van der Waals surface area contributed by atoms with Gasteiger partial charge in [-0.25, -0.2) is 9.78 Å². The third kappa shape index (κ3) is 5.73. The molecule has 1 heterocycles. The number of esters is 1. The molecule has 1 aliphatic carbocycles. The fourth-order valence-electron chi connectivity index (χ4n) is 4.18. The lowest BCUT2D eigenvalue weighted by Gasteiger charge is -2.22. The fraction of sp³-hybridized carbons (Fsp3) is 0.385. The van der Waals surface area contributed by atoms with E-state index < -0.39 is 5.97 Å². The molecule has 3 aromatic rings. The average Bonchev–Trinajstić information content (AvgIpc) is 2.83. The highest BCUT2D eigenvalue weighted by atomic mass is 79.9. The number of para-hydroxylation sites is 1. The lowest BCUT2D eigenvalue weighted by Crippen LogP contribution is -2.25. The molecule has 2 aromatic carbocycles. The van der Waals surface area contributed by atoms with Crippen molar-refractivity contribution < 1.29 is 14.3 Å². The molecule has 8 heteroatoms. The number of hydrogen-bond donors (Lipinski definition) is 0. The minimum absolute atomic E-state index is 0.187. The number of fused-ring (bicyclic) bond motifs is 1. The SMILES string of the molecule is CC(C)OC(=O)COc1ccc(Br)cc1C=Nn1c(C2CCCCC2)nc2ccccc2c1=O. The van der Waals surface area contributed by atoms with E-state index in [4.69, 9.17) is 14.5 Å². The van der Waals surface area contributed by atoms with Gasteiger partial charge >= 0.3 is 5.97 Å². The monoisotopic (exact) mass is 525 g/mol. The minimum atomic E-state index is -0.449. The van der Waals surface area contributed by atoms with Gasteiger partial charge in [0.2, 0.25) is 0 Å². The van der Waals surface area contributed by atoms with Crippen LogP contribution in [0.25, 0.3) is 10.9 Å². The Labute approximate surface area is 206 Å². The highest BCUT2D eigenvalue weighted by Crippen LogP contribution is 2.32. The van der Waals surface area contributed by atoms with Gasteiger partial charge in [0.05, 0.1) is 23.2 Å².